The zero-order valence-corrected chi connectivity index (χ0v) is 22.2. The van der Waals surface area contributed by atoms with E-state index in [2.05, 4.69) is 10.3 Å². The van der Waals surface area contributed by atoms with Crippen molar-refractivity contribution >= 4 is 17.5 Å². The van der Waals surface area contributed by atoms with E-state index < -0.39 is 36.0 Å². The van der Waals surface area contributed by atoms with Gasteiger partial charge in [-0.3, -0.25) is 4.79 Å². The third kappa shape index (κ3) is 5.66. The van der Waals surface area contributed by atoms with E-state index in [0.29, 0.717) is 11.5 Å². The van der Waals surface area contributed by atoms with Crippen molar-refractivity contribution in [3.63, 3.8) is 0 Å². The number of hydrogen-bond donors (Lipinski definition) is 2. The maximum Gasteiger partial charge on any atom is 0.399 e. The van der Waals surface area contributed by atoms with Crippen LogP contribution in [0.2, 0.25) is 5.02 Å². The molecule has 2 aliphatic rings. The number of carbonyl (C=O) groups excluding carboxylic acids is 1. The predicted molar refractivity (Wildman–Crippen MR) is 137 cm³/mol. The molecule has 3 aromatic rings. The molecule has 2 atom stereocenters. The van der Waals surface area contributed by atoms with Crippen LogP contribution in [-0.4, -0.2) is 48.5 Å². The van der Waals surface area contributed by atoms with E-state index in [0.717, 1.165) is 25.0 Å². The first-order chi connectivity index (χ1) is 18.9. The highest BCUT2D eigenvalue weighted by Gasteiger charge is 2.47. The largest absolute Gasteiger partial charge is 0.493 e. The van der Waals surface area contributed by atoms with Crippen LogP contribution in [0.15, 0.2) is 42.5 Å². The average molecular weight is 581 g/mol. The standard InChI is InChI=1S/C28H25ClF4N2O5/c1-27(37,13-34-26(36)15-4-8-21(22(10-15)38-2)40-16-5-6-16)23-11-17-18(28(31,32)33)12-39-25(17)24(35-23)14-3-7-20(30)19(29)9-14/h3-4,7-11,16,18,37H,5-6,12-13H2,1-2H3,(H,34,36)/t18-,27?/m1/s1. The molecule has 1 unspecified atom stereocenters. The average Bonchev–Trinajstić information content (AvgIpc) is 3.61. The van der Waals surface area contributed by atoms with Crippen LogP contribution >= 0.6 is 11.6 Å². The van der Waals surface area contributed by atoms with Crippen LogP contribution in [0.5, 0.6) is 17.2 Å². The fourth-order valence-corrected chi connectivity index (χ4v) is 4.50. The number of benzene rings is 2. The summed E-state index contributed by atoms with van der Waals surface area (Å²) in [4.78, 5) is 17.3. The van der Waals surface area contributed by atoms with Crippen LogP contribution in [0, 0.1) is 5.82 Å². The Labute approximate surface area is 232 Å². The third-order valence-electron chi connectivity index (χ3n) is 6.75. The quantitative estimate of drug-likeness (QED) is 0.329. The van der Waals surface area contributed by atoms with Crippen molar-refractivity contribution in [2.24, 2.45) is 0 Å². The van der Waals surface area contributed by atoms with Gasteiger partial charge in [-0.05, 0) is 62.2 Å². The van der Waals surface area contributed by atoms with Gasteiger partial charge in [-0.2, -0.15) is 13.2 Å². The summed E-state index contributed by atoms with van der Waals surface area (Å²) < 4.78 is 71.7. The van der Waals surface area contributed by atoms with Gasteiger partial charge in [0.2, 0.25) is 0 Å². The summed E-state index contributed by atoms with van der Waals surface area (Å²) >= 11 is 5.91. The fourth-order valence-electron chi connectivity index (χ4n) is 4.32. The molecule has 40 heavy (non-hydrogen) atoms. The summed E-state index contributed by atoms with van der Waals surface area (Å²) in [5, 5.41) is 13.6. The number of rotatable bonds is 8. The molecule has 0 radical (unpaired) electrons. The molecule has 0 saturated heterocycles. The highest BCUT2D eigenvalue weighted by molar-refractivity contribution is 6.31. The lowest BCUT2D eigenvalue weighted by Crippen LogP contribution is -2.39. The van der Waals surface area contributed by atoms with E-state index in [1.54, 1.807) is 12.1 Å². The maximum atomic E-state index is 13.8. The molecule has 12 heteroatoms. The van der Waals surface area contributed by atoms with Crippen molar-refractivity contribution in [3.8, 4) is 28.5 Å². The smallest absolute Gasteiger partial charge is 0.399 e. The Balaban J connectivity index is 1.44. The number of ether oxygens (including phenoxy) is 3. The number of nitrogens with one attached hydrogen (secondary N) is 1. The molecule has 1 aliphatic carbocycles. The molecule has 2 aromatic carbocycles. The fraction of sp³-hybridized carbons (Fsp3) is 0.357. The number of halogens is 5. The number of carbonyl (C=O) groups is 1. The first-order valence-corrected chi connectivity index (χ1v) is 12.8. The predicted octanol–water partition coefficient (Wildman–Crippen LogP) is 5.77. The maximum absolute atomic E-state index is 13.8. The second-order valence-corrected chi connectivity index (χ2v) is 10.4. The van der Waals surface area contributed by atoms with E-state index in [4.69, 9.17) is 25.8 Å². The van der Waals surface area contributed by atoms with Gasteiger partial charge < -0.3 is 24.6 Å². The molecule has 2 N–H and O–H groups in total. The number of hydrogen-bond acceptors (Lipinski definition) is 6. The van der Waals surface area contributed by atoms with Crippen molar-refractivity contribution in [2.75, 3.05) is 20.3 Å². The third-order valence-corrected chi connectivity index (χ3v) is 7.04. The molecule has 7 nitrogen and oxygen atoms in total. The normalized spacial score (nSPS) is 17.9. The number of amides is 1. The van der Waals surface area contributed by atoms with Gasteiger partial charge in [-0.1, -0.05) is 11.6 Å². The van der Waals surface area contributed by atoms with Crippen LogP contribution in [0.25, 0.3) is 11.3 Å². The molecule has 1 amide bonds. The Morgan fingerprint density at radius 3 is 2.58 bits per heavy atom. The molecule has 1 aliphatic heterocycles. The van der Waals surface area contributed by atoms with Gasteiger partial charge in [-0.15, -0.1) is 0 Å². The van der Waals surface area contributed by atoms with Gasteiger partial charge in [0, 0.05) is 16.7 Å². The zero-order chi connectivity index (χ0) is 28.8. The van der Waals surface area contributed by atoms with E-state index >= 15 is 0 Å². The van der Waals surface area contributed by atoms with E-state index in [1.807, 2.05) is 0 Å². The van der Waals surface area contributed by atoms with Crippen molar-refractivity contribution in [3.05, 3.63) is 70.1 Å². The lowest BCUT2D eigenvalue weighted by molar-refractivity contribution is -0.151. The summed E-state index contributed by atoms with van der Waals surface area (Å²) in [6.45, 7) is 0.253. The number of nitrogens with zero attached hydrogens (tertiary/aromatic N) is 1. The van der Waals surface area contributed by atoms with Crippen LogP contribution in [0.3, 0.4) is 0 Å². The Kier molecular flexibility index (Phi) is 7.30. The van der Waals surface area contributed by atoms with E-state index in [9.17, 15) is 27.5 Å². The number of fused-ring (bicyclic) bond motifs is 1. The number of alkyl halides is 3. The van der Waals surface area contributed by atoms with Crippen LogP contribution in [-0.2, 0) is 5.60 Å². The molecule has 1 aromatic heterocycles. The number of methoxy groups -OCH3 is 1. The molecular weight excluding hydrogens is 556 g/mol. The highest BCUT2D eigenvalue weighted by atomic mass is 35.5. The van der Waals surface area contributed by atoms with Gasteiger partial charge in [0.1, 0.15) is 35.4 Å². The van der Waals surface area contributed by atoms with Crippen molar-refractivity contribution in [2.45, 2.75) is 43.6 Å². The zero-order valence-electron chi connectivity index (χ0n) is 21.4. The van der Waals surface area contributed by atoms with E-state index in [-0.39, 0.29) is 51.5 Å². The first-order valence-electron chi connectivity index (χ1n) is 12.4. The Morgan fingerprint density at radius 1 is 1.18 bits per heavy atom. The molecule has 2 heterocycles. The molecular formula is C28H25ClF4N2O5. The summed E-state index contributed by atoms with van der Waals surface area (Å²) in [6, 6.07) is 9.35. The van der Waals surface area contributed by atoms with Gasteiger partial charge in [0.15, 0.2) is 11.5 Å². The summed E-state index contributed by atoms with van der Waals surface area (Å²) in [5.74, 6) is -2.49. The van der Waals surface area contributed by atoms with Gasteiger partial charge >= 0.3 is 6.18 Å². The number of pyridine rings is 1. The highest BCUT2D eigenvalue weighted by Crippen LogP contribution is 2.48. The summed E-state index contributed by atoms with van der Waals surface area (Å²) in [5.41, 5.74) is -1.88. The molecule has 1 saturated carbocycles. The van der Waals surface area contributed by atoms with Gasteiger partial charge in [-0.25, -0.2) is 9.37 Å². The summed E-state index contributed by atoms with van der Waals surface area (Å²) in [7, 11) is 1.45. The lowest BCUT2D eigenvalue weighted by atomic mass is 9.93. The Hall–Kier alpha value is -3.57. The first kappa shape index (κ1) is 28.0. The van der Waals surface area contributed by atoms with E-state index in [1.165, 1.54) is 32.2 Å². The Bertz CT molecular complexity index is 1460. The van der Waals surface area contributed by atoms with Crippen molar-refractivity contribution in [1.82, 2.24) is 10.3 Å². The SMILES string of the molecule is COc1cc(C(=O)NCC(C)(O)c2cc3c(c(-c4ccc(F)c(Cl)c4)n2)OC[C@H]3C(F)(F)F)ccc1OC1CC1. The van der Waals surface area contributed by atoms with Crippen LogP contribution in [0.1, 0.15) is 47.3 Å². The Morgan fingerprint density at radius 2 is 1.93 bits per heavy atom. The number of aliphatic hydroxyl groups is 1. The second kappa shape index (κ2) is 10.4. The molecule has 0 spiro atoms. The van der Waals surface area contributed by atoms with Crippen molar-refractivity contribution in [1.29, 1.82) is 0 Å². The second-order valence-electron chi connectivity index (χ2n) is 9.95. The van der Waals surface area contributed by atoms with Crippen molar-refractivity contribution < 1.29 is 41.7 Å². The molecule has 1 fully saturated rings. The number of aromatic nitrogens is 1. The summed E-state index contributed by atoms with van der Waals surface area (Å²) in [6.07, 6.45) is -2.61. The monoisotopic (exact) mass is 580 g/mol. The minimum Gasteiger partial charge on any atom is -0.493 e. The topological polar surface area (TPSA) is 89.9 Å². The molecule has 212 valence electrons. The van der Waals surface area contributed by atoms with Crippen LogP contribution < -0.4 is 19.5 Å². The van der Waals surface area contributed by atoms with Gasteiger partial charge in [0.25, 0.3) is 5.91 Å². The van der Waals surface area contributed by atoms with Crippen LogP contribution in [0.4, 0.5) is 17.6 Å². The molecule has 5 rings (SSSR count). The van der Waals surface area contributed by atoms with Gasteiger partial charge in [0.05, 0.1) is 30.5 Å². The minimum absolute atomic E-state index is 0.0382. The lowest BCUT2D eigenvalue weighted by Gasteiger charge is -2.25. The minimum atomic E-state index is -4.63. The molecule has 0 bridgehead atoms.